The summed E-state index contributed by atoms with van der Waals surface area (Å²) in [6.45, 7) is 4.98. The first-order chi connectivity index (χ1) is 16.1. The van der Waals surface area contributed by atoms with Crippen molar-refractivity contribution in [2.45, 2.75) is 76.4 Å². The summed E-state index contributed by atoms with van der Waals surface area (Å²) in [5.74, 6) is -3.66. The Hall–Kier alpha value is -2.10. The number of ether oxygens (including phenoxy) is 2. The highest BCUT2D eigenvalue weighted by atomic mass is 19.4. The lowest BCUT2D eigenvalue weighted by Crippen LogP contribution is -2.44. The standard InChI is InChI=1S/C24H35F5N2O3/c1-3-34-21-16-18(10-11-20(21)33-2)15-19(17-31-13-7-8-14-31)30-22(32)9-5-4-6-12-23(25,26)24(27,28)29/h10-11,16,19H,3-9,12-15,17H2,1-2H3,(H,30,32)/t19-/m0/s1. The number of halogens is 5. The molecule has 1 heterocycles. The van der Waals surface area contributed by atoms with Gasteiger partial charge in [0.05, 0.1) is 13.7 Å². The average molecular weight is 495 g/mol. The van der Waals surface area contributed by atoms with Gasteiger partial charge in [0.15, 0.2) is 11.5 Å². The molecule has 1 aliphatic rings. The second-order valence-electron chi connectivity index (χ2n) is 8.66. The number of hydrogen-bond acceptors (Lipinski definition) is 4. The number of unbranched alkanes of at least 4 members (excludes halogenated alkanes) is 2. The molecule has 0 aliphatic carbocycles. The maximum atomic E-state index is 13.0. The third kappa shape index (κ3) is 8.92. The quantitative estimate of drug-likeness (QED) is 0.279. The van der Waals surface area contributed by atoms with Gasteiger partial charge in [0, 0.05) is 25.4 Å². The van der Waals surface area contributed by atoms with Crippen LogP contribution in [0.2, 0.25) is 0 Å². The minimum Gasteiger partial charge on any atom is -0.493 e. The van der Waals surface area contributed by atoms with Crippen LogP contribution < -0.4 is 14.8 Å². The van der Waals surface area contributed by atoms with Crippen molar-refractivity contribution in [1.29, 1.82) is 0 Å². The molecular formula is C24H35F5N2O3. The van der Waals surface area contributed by atoms with Crippen LogP contribution in [0.25, 0.3) is 0 Å². The zero-order chi connectivity index (χ0) is 25.2. The van der Waals surface area contributed by atoms with Gasteiger partial charge in [-0.3, -0.25) is 4.79 Å². The smallest absolute Gasteiger partial charge is 0.453 e. The van der Waals surface area contributed by atoms with Crippen molar-refractivity contribution in [3.8, 4) is 11.5 Å². The second-order valence-corrected chi connectivity index (χ2v) is 8.66. The molecule has 1 saturated heterocycles. The molecule has 34 heavy (non-hydrogen) atoms. The normalized spacial score (nSPS) is 15.9. The molecule has 1 N–H and O–H groups in total. The predicted molar refractivity (Wildman–Crippen MR) is 120 cm³/mol. The first-order valence-corrected chi connectivity index (χ1v) is 11.8. The van der Waals surface area contributed by atoms with E-state index < -0.39 is 18.5 Å². The molecule has 1 aromatic rings. The third-order valence-electron chi connectivity index (χ3n) is 5.86. The minimum absolute atomic E-state index is 0.0842. The number of rotatable bonds is 14. The zero-order valence-corrected chi connectivity index (χ0v) is 19.9. The van der Waals surface area contributed by atoms with Crippen LogP contribution in [0.3, 0.4) is 0 Å². The Morgan fingerprint density at radius 1 is 1.09 bits per heavy atom. The lowest BCUT2D eigenvalue weighted by atomic mass is 10.0. The van der Waals surface area contributed by atoms with Gasteiger partial charge in [-0.1, -0.05) is 12.5 Å². The summed E-state index contributed by atoms with van der Waals surface area (Å²) in [5.41, 5.74) is 0.975. The Balaban J connectivity index is 1.90. The number of methoxy groups -OCH3 is 1. The van der Waals surface area contributed by atoms with Gasteiger partial charge >= 0.3 is 12.1 Å². The minimum atomic E-state index is -5.53. The van der Waals surface area contributed by atoms with Gasteiger partial charge in [-0.15, -0.1) is 0 Å². The number of carbonyl (C=O) groups is 1. The van der Waals surface area contributed by atoms with Crippen LogP contribution >= 0.6 is 0 Å². The van der Waals surface area contributed by atoms with Gasteiger partial charge in [0.1, 0.15) is 0 Å². The number of hydrogen-bond donors (Lipinski definition) is 1. The molecule has 194 valence electrons. The molecule has 1 atom stereocenters. The molecule has 1 aromatic carbocycles. The van der Waals surface area contributed by atoms with E-state index in [-0.39, 0.29) is 37.6 Å². The number of nitrogens with zero attached hydrogens (tertiary/aromatic N) is 1. The highest BCUT2D eigenvalue weighted by molar-refractivity contribution is 5.76. The van der Waals surface area contributed by atoms with Crippen LogP contribution in [-0.4, -0.2) is 62.3 Å². The summed E-state index contributed by atoms with van der Waals surface area (Å²) in [7, 11) is 1.57. The molecule has 0 unspecified atom stereocenters. The van der Waals surface area contributed by atoms with Gasteiger partial charge in [-0.25, -0.2) is 0 Å². The molecule has 1 aliphatic heterocycles. The highest BCUT2D eigenvalue weighted by Gasteiger charge is 2.56. The van der Waals surface area contributed by atoms with Crippen LogP contribution in [0, 0.1) is 0 Å². The topological polar surface area (TPSA) is 50.8 Å². The predicted octanol–water partition coefficient (Wildman–Crippen LogP) is 5.37. The molecule has 2 rings (SSSR count). The maximum absolute atomic E-state index is 13.0. The van der Waals surface area contributed by atoms with Crippen molar-refractivity contribution in [2.24, 2.45) is 0 Å². The van der Waals surface area contributed by atoms with Crippen molar-refractivity contribution in [3.05, 3.63) is 23.8 Å². The summed E-state index contributed by atoms with van der Waals surface area (Å²) in [6.07, 6.45) is -3.81. The van der Waals surface area contributed by atoms with E-state index in [1.165, 1.54) is 0 Å². The van der Waals surface area contributed by atoms with E-state index in [2.05, 4.69) is 10.2 Å². The number of alkyl halides is 5. The summed E-state index contributed by atoms with van der Waals surface area (Å²) < 4.78 is 73.6. The molecule has 0 saturated carbocycles. The first-order valence-electron chi connectivity index (χ1n) is 11.8. The summed E-state index contributed by atoms with van der Waals surface area (Å²) in [4.78, 5) is 14.8. The molecule has 10 heteroatoms. The molecule has 5 nitrogen and oxygen atoms in total. The van der Waals surface area contributed by atoms with Crippen LogP contribution in [-0.2, 0) is 11.2 Å². The molecule has 0 spiro atoms. The molecule has 1 fully saturated rings. The fourth-order valence-corrected chi connectivity index (χ4v) is 4.09. The van der Waals surface area contributed by atoms with E-state index in [0.717, 1.165) is 31.5 Å². The van der Waals surface area contributed by atoms with Crippen LogP contribution in [0.4, 0.5) is 22.0 Å². The number of carbonyl (C=O) groups excluding carboxylic acids is 1. The molecular weight excluding hydrogens is 459 g/mol. The van der Waals surface area contributed by atoms with E-state index >= 15 is 0 Å². The summed E-state index contributed by atoms with van der Waals surface area (Å²) in [5, 5.41) is 3.02. The molecule has 0 radical (unpaired) electrons. The fourth-order valence-electron chi connectivity index (χ4n) is 4.09. The molecule has 1 amide bonds. The van der Waals surface area contributed by atoms with Crippen molar-refractivity contribution >= 4 is 5.91 Å². The van der Waals surface area contributed by atoms with E-state index in [1.54, 1.807) is 7.11 Å². The van der Waals surface area contributed by atoms with Gasteiger partial charge < -0.3 is 19.7 Å². The fraction of sp³-hybridized carbons (Fsp3) is 0.708. The van der Waals surface area contributed by atoms with E-state index in [9.17, 15) is 26.7 Å². The lowest BCUT2D eigenvalue weighted by Gasteiger charge is -2.25. The SMILES string of the molecule is CCOc1cc(C[C@@H](CN2CCCC2)NC(=O)CCCCCC(F)(F)C(F)(F)F)ccc1OC. The van der Waals surface area contributed by atoms with E-state index in [0.29, 0.717) is 31.1 Å². The number of nitrogens with one attached hydrogen (secondary N) is 1. The Morgan fingerprint density at radius 3 is 2.41 bits per heavy atom. The Morgan fingerprint density at radius 2 is 1.79 bits per heavy atom. The summed E-state index contributed by atoms with van der Waals surface area (Å²) in [6, 6.07) is 5.48. The third-order valence-corrected chi connectivity index (χ3v) is 5.86. The monoisotopic (exact) mass is 494 g/mol. The zero-order valence-electron chi connectivity index (χ0n) is 19.9. The molecule has 0 bridgehead atoms. The van der Waals surface area contributed by atoms with Crippen LogP contribution in [0.1, 0.15) is 57.4 Å². The molecule has 0 aromatic heterocycles. The van der Waals surface area contributed by atoms with E-state index in [1.807, 2.05) is 25.1 Å². The van der Waals surface area contributed by atoms with Crippen LogP contribution in [0.15, 0.2) is 18.2 Å². The Kier molecular flexibility index (Phi) is 10.9. The largest absolute Gasteiger partial charge is 0.493 e. The van der Waals surface area contributed by atoms with Crippen LogP contribution in [0.5, 0.6) is 11.5 Å². The van der Waals surface area contributed by atoms with Crippen molar-refractivity contribution < 1.29 is 36.2 Å². The Labute approximate surface area is 198 Å². The van der Waals surface area contributed by atoms with Gasteiger partial charge in [-0.05, 0) is 69.8 Å². The lowest BCUT2D eigenvalue weighted by molar-refractivity contribution is -0.284. The number of likely N-dealkylation sites (tertiary alicyclic amines) is 1. The van der Waals surface area contributed by atoms with Gasteiger partial charge in [0.25, 0.3) is 0 Å². The van der Waals surface area contributed by atoms with Crippen molar-refractivity contribution in [3.63, 3.8) is 0 Å². The Bertz CT molecular complexity index is 767. The maximum Gasteiger partial charge on any atom is 0.453 e. The van der Waals surface area contributed by atoms with Crippen molar-refractivity contribution in [1.82, 2.24) is 10.2 Å². The summed E-state index contributed by atoms with van der Waals surface area (Å²) >= 11 is 0. The number of benzene rings is 1. The van der Waals surface area contributed by atoms with E-state index in [4.69, 9.17) is 9.47 Å². The number of amides is 1. The van der Waals surface area contributed by atoms with Gasteiger partial charge in [-0.2, -0.15) is 22.0 Å². The average Bonchev–Trinajstić information content (AvgIpc) is 3.26. The highest BCUT2D eigenvalue weighted by Crippen LogP contribution is 2.39. The van der Waals surface area contributed by atoms with Gasteiger partial charge in [0.2, 0.25) is 5.91 Å². The second kappa shape index (κ2) is 13.1. The first kappa shape index (κ1) is 28.1. The van der Waals surface area contributed by atoms with Crippen molar-refractivity contribution in [2.75, 3.05) is 33.4 Å².